The predicted molar refractivity (Wildman–Crippen MR) is 69.8 cm³/mol. The number of hydrogen-bond donors (Lipinski definition) is 1. The zero-order valence-electron chi connectivity index (χ0n) is 10.8. The number of methoxy groups -OCH3 is 1. The van der Waals surface area contributed by atoms with Crippen LogP contribution < -0.4 is 10.1 Å². The summed E-state index contributed by atoms with van der Waals surface area (Å²) in [5, 5.41) is 10.2. The molecule has 0 fully saturated rings. The molecule has 1 amide bonds. The molecule has 0 atom stereocenters. The van der Waals surface area contributed by atoms with Gasteiger partial charge in [0.15, 0.2) is 0 Å². The minimum Gasteiger partial charge on any atom is -0.496 e. The standard InChI is InChI=1S/C13H15N3O3/c1-3-6-11(17)14-13-16-15-12(19-13)9-7-4-5-8-10(9)18-2/h4-5,7-8H,3,6H2,1-2H3,(H,14,16,17). The fraction of sp³-hybridized carbons (Fsp3) is 0.308. The number of carbonyl (C=O) groups excluding carboxylic acids is 1. The number of para-hydroxylation sites is 1. The largest absolute Gasteiger partial charge is 0.496 e. The fourth-order valence-electron chi connectivity index (χ4n) is 1.61. The minimum absolute atomic E-state index is 0.0966. The molecular weight excluding hydrogens is 246 g/mol. The Morgan fingerprint density at radius 3 is 2.89 bits per heavy atom. The van der Waals surface area contributed by atoms with E-state index in [2.05, 4.69) is 15.5 Å². The van der Waals surface area contributed by atoms with E-state index < -0.39 is 0 Å². The van der Waals surface area contributed by atoms with Crippen molar-refractivity contribution in [2.45, 2.75) is 19.8 Å². The van der Waals surface area contributed by atoms with E-state index in [9.17, 15) is 4.79 Å². The van der Waals surface area contributed by atoms with Crippen LogP contribution in [0.5, 0.6) is 5.75 Å². The third-order valence-corrected chi connectivity index (χ3v) is 2.49. The Hall–Kier alpha value is -2.37. The van der Waals surface area contributed by atoms with Crippen LogP contribution in [0, 0.1) is 0 Å². The maximum Gasteiger partial charge on any atom is 0.322 e. The first kappa shape index (κ1) is 13.1. The van der Waals surface area contributed by atoms with E-state index in [1.54, 1.807) is 13.2 Å². The Morgan fingerprint density at radius 1 is 1.37 bits per heavy atom. The lowest BCUT2D eigenvalue weighted by atomic mass is 10.2. The zero-order valence-corrected chi connectivity index (χ0v) is 10.8. The van der Waals surface area contributed by atoms with Crippen molar-refractivity contribution in [2.24, 2.45) is 0 Å². The molecule has 2 aromatic rings. The second-order valence-corrected chi connectivity index (χ2v) is 3.91. The molecule has 0 spiro atoms. The number of benzene rings is 1. The van der Waals surface area contributed by atoms with Crippen molar-refractivity contribution in [1.29, 1.82) is 0 Å². The second kappa shape index (κ2) is 5.99. The van der Waals surface area contributed by atoms with E-state index in [0.717, 1.165) is 6.42 Å². The molecule has 100 valence electrons. The molecule has 1 aromatic carbocycles. The highest BCUT2D eigenvalue weighted by molar-refractivity contribution is 5.88. The molecule has 0 aliphatic carbocycles. The number of rotatable bonds is 5. The van der Waals surface area contributed by atoms with E-state index in [4.69, 9.17) is 9.15 Å². The van der Waals surface area contributed by atoms with Crippen LogP contribution in [0.4, 0.5) is 6.01 Å². The predicted octanol–water partition coefficient (Wildman–Crippen LogP) is 2.48. The molecule has 0 saturated carbocycles. The topological polar surface area (TPSA) is 77.2 Å². The molecule has 0 aliphatic heterocycles. The molecule has 19 heavy (non-hydrogen) atoms. The van der Waals surface area contributed by atoms with Crippen molar-refractivity contribution < 1.29 is 13.9 Å². The Labute approximate surface area is 110 Å². The van der Waals surface area contributed by atoms with Crippen LogP contribution in [0.1, 0.15) is 19.8 Å². The Kier molecular flexibility index (Phi) is 4.12. The van der Waals surface area contributed by atoms with E-state index in [0.29, 0.717) is 23.6 Å². The summed E-state index contributed by atoms with van der Waals surface area (Å²) < 4.78 is 10.6. The number of anilines is 1. The van der Waals surface area contributed by atoms with Gasteiger partial charge in [-0.2, -0.15) is 0 Å². The smallest absolute Gasteiger partial charge is 0.322 e. The zero-order chi connectivity index (χ0) is 13.7. The maximum absolute atomic E-state index is 11.4. The first-order valence-electron chi connectivity index (χ1n) is 6.01. The lowest BCUT2D eigenvalue weighted by Gasteiger charge is -2.03. The molecule has 1 aromatic heterocycles. The summed E-state index contributed by atoms with van der Waals surface area (Å²) in [5.74, 6) is 0.805. The maximum atomic E-state index is 11.4. The summed E-state index contributed by atoms with van der Waals surface area (Å²) in [5.41, 5.74) is 0.688. The van der Waals surface area contributed by atoms with Crippen molar-refractivity contribution in [2.75, 3.05) is 12.4 Å². The number of aromatic nitrogens is 2. The third-order valence-electron chi connectivity index (χ3n) is 2.49. The second-order valence-electron chi connectivity index (χ2n) is 3.91. The number of hydrogen-bond acceptors (Lipinski definition) is 5. The summed E-state index contributed by atoms with van der Waals surface area (Å²) >= 11 is 0. The molecule has 0 radical (unpaired) electrons. The van der Waals surface area contributed by atoms with Crippen LogP contribution in [-0.2, 0) is 4.79 Å². The fourth-order valence-corrected chi connectivity index (χ4v) is 1.61. The van der Waals surface area contributed by atoms with Crippen LogP contribution in [0.2, 0.25) is 0 Å². The molecule has 0 unspecified atom stereocenters. The van der Waals surface area contributed by atoms with Gasteiger partial charge in [-0.25, -0.2) is 0 Å². The van der Waals surface area contributed by atoms with Crippen molar-refractivity contribution in [1.82, 2.24) is 10.2 Å². The molecule has 0 aliphatic rings. The third kappa shape index (κ3) is 3.09. The van der Waals surface area contributed by atoms with Crippen molar-refractivity contribution in [3.8, 4) is 17.2 Å². The van der Waals surface area contributed by atoms with Crippen molar-refractivity contribution in [3.63, 3.8) is 0 Å². The number of nitrogens with one attached hydrogen (secondary N) is 1. The summed E-state index contributed by atoms with van der Waals surface area (Å²) in [7, 11) is 1.57. The van der Waals surface area contributed by atoms with Crippen LogP contribution >= 0.6 is 0 Å². The van der Waals surface area contributed by atoms with Gasteiger partial charge in [-0.15, -0.1) is 5.10 Å². The van der Waals surface area contributed by atoms with Gasteiger partial charge in [0.2, 0.25) is 5.91 Å². The van der Waals surface area contributed by atoms with Crippen LogP contribution in [0.15, 0.2) is 28.7 Å². The molecule has 0 bridgehead atoms. The molecule has 6 nitrogen and oxygen atoms in total. The van der Waals surface area contributed by atoms with E-state index in [1.165, 1.54) is 0 Å². The van der Waals surface area contributed by atoms with Gasteiger partial charge >= 0.3 is 6.01 Å². The van der Waals surface area contributed by atoms with Gasteiger partial charge < -0.3 is 9.15 Å². The monoisotopic (exact) mass is 261 g/mol. The minimum atomic E-state index is -0.141. The van der Waals surface area contributed by atoms with Crippen LogP contribution in [0.25, 0.3) is 11.5 Å². The summed E-state index contributed by atoms with van der Waals surface area (Å²) in [6.07, 6.45) is 1.19. The highest BCUT2D eigenvalue weighted by Crippen LogP contribution is 2.29. The number of amides is 1. The Bertz CT molecular complexity index is 566. The van der Waals surface area contributed by atoms with E-state index in [1.807, 2.05) is 25.1 Å². The number of carbonyl (C=O) groups is 1. The molecule has 1 heterocycles. The lowest BCUT2D eigenvalue weighted by Crippen LogP contribution is -2.10. The first-order valence-corrected chi connectivity index (χ1v) is 6.01. The molecule has 1 N–H and O–H groups in total. The highest BCUT2D eigenvalue weighted by atomic mass is 16.5. The molecular formula is C13H15N3O3. The van der Waals surface area contributed by atoms with E-state index in [-0.39, 0.29) is 11.9 Å². The van der Waals surface area contributed by atoms with Crippen molar-refractivity contribution in [3.05, 3.63) is 24.3 Å². The van der Waals surface area contributed by atoms with Gasteiger partial charge in [-0.1, -0.05) is 24.2 Å². The molecule has 2 rings (SSSR count). The summed E-state index contributed by atoms with van der Waals surface area (Å²) in [6.45, 7) is 1.92. The summed E-state index contributed by atoms with van der Waals surface area (Å²) in [6, 6.07) is 7.40. The van der Waals surface area contributed by atoms with Crippen molar-refractivity contribution >= 4 is 11.9 Å². The van der Waals surface area contributed by atoms with Gasteiger partial charge in [-0.3, -0.25) is 10.1 Å². The van der Waals surface area contributed by atoms with Crippen LogP contribution in [0.3, 0.4) is 0 Å². The normalized spacial score (nSPS) is 10.2. The Morgan fingerprint density at radius 2 is 2.16 bits per heavy atom. The van der Waals surface area contributed by atoms with Gasteiger partial charge in [-0.05, 0) is 18.6 Å². The quantitative estimate of drug-likeness (QED) is 0.894. The molecule has 6 heteroatoms. The van der Waals surface area contributed by atoms with Gasteiger partial charge in [0.1, 0.15) is 5.75 Å². The number of ether oxygens (including phenoxy) is 1. The highest BCUT2D eigenvalue weighted by Gasteiger charge is 2.14. The average molecular weight is 261 g/mol. The van der Waals surface area contributed by atoms with Crippen LogP contribution in [-0.4, -0.2) is 23.2 Å². The lowest BCUT2D eigenvalue weighted by molar-refractivity contribution is -0.116. The van der Waals surface area contributed by atoms with E-state index >= 15 is 0 Å². The SMILES string of the molecule is CCCC(=O)Nc1nnc(-c2ccccc2OC)o1. The summed E-state index contributed by atoms with van der Waals surface area (Å²) in [4.78, 5) is 11.4. The Balaban J connectivity index is 2.19. The average Bonchev–Trinajstić information content (AvgIpc) is 2.87. The molecule has 0 saturated heterocycles. The van der Waals surface area contributed by atoms with Gasteiger partial charge in [0.25, 0.3) is 5.89 Å². The first-order chi connectivity index (χ1) is 9.24. The van der Waals surface area contributed by atoms with Gasteiger partial charge in [0.05, 0.1) is 12.7 Å². The number of nitrogens with zero attached hydrogens (tertiary/aromatic N) is 2. The van der Waals surface area contributed by atoms with Gasteiger partial charge in [0, 0.05) is 6.42 Å².